The van der Waals surface area contributed by atoms with Crippen molar-refractivity contribution < 1.29 is 14.6 Å². The summed E-state index contributed by atoms with van der Waals surface area (Å²) in [5.41, 5.74) is 0. The van der Waals surface area contributed by atoms with E-state index in [1.807, 2.05) is 13.8 Å². The number of carbonyl (C=O) groups is 1. The molecule has 0 saturated heterocycles. The predicted molar refractivity (Wildman–Crippen MR) is 68.1 cm³/mol. The van der Waals surface area contributed by atoms with Crippen LogP contribution in [0, 0.1) is 5.92 Å². The molecule has 1 aromatic rings. The normalized spacial score (nSPS) is 13.8. The molecule has 2 N–H and O–H groups in total. The van der Waals surface area contributed by atoms with Gasteiger partial charge in [-0.15, -0.1) is 0 Å². The number of nitrogens with zero attached hydrogens (tertiary/aromatic N) is 2. The zero-order chi connectivity index (χ0) is 13.7. The van der Waals surface area contributed by atoms with Gasteiger partial charge in [0.25, 0.3) is 0 Å². The zero-order valence-electron chi connectivity index (χ0n) is 10.5. The Bertz CT molecular complexity index is 428. The van der Waals surface area contributed by atoms with Crippen LogP contribution in [0.4, 0.5) is 5.82 Å². The lowest BCUT2D eigenvalue weighted by Gasteiger charge is -2.21. The third kappa shape index (κ3) is 3.46. The van der Waals surface area contributed by atoms with Crippen LogP contribution in [0.25, 0.3) is 0 Å². The molecule has 2 atom stereocenters. The van der Waals surface area contributed by atoms with E-state index in [-0.39, 0.29) is 22.8 Å². The number of halogens is 1. The second-order valence-electron chi connectivity index (χ2n) is 3.90. The minimum atomic E-state index is -0.946. The van der Waals surface area contributed by atoms with Crippen molar-refractivity contribution in [3.05, 3.63) is 11.2 Å². The number of hydrogen-bond donors (Lipinski definition) is 2. The van der Waals surface area contributed by atoms with Gasteiger partial charge in [-0.25, -0.2) is 9.78 Å². The van der Waals surface area contributed by atoms with Crippen molar-refractivity contribution in [1.29, 1.82) is 0 Å². The summed E-state index contributed by atoms with van der Waals surface area (Å²) in [6.45, 7) is 3.77. The second-order valence-corrected chi connectivity index (χ2v) is 4.31. The van der Waals surface area contributed by atoms with E-state index in [0.29, 0.717) is 0 Å². The monoisotopic (exact) mass is 273 g/mol. The smallest absolute Gasteiger partial charge is 0.326 e. The number of carboxylic acid groups (broad SMARTS) is 1. The van der Waals surface area contributed by atoms with Crippen LogP contribution in [0.2, 0.25) is 5.02 Å². The van der Waals surface area contributed by atoms with E-state index in [2.05, 4.69) is 15.3 Å². The molecule has 0 unspecified atom stereocenters. The second kappa shape index (κ2) is 6.39. The summed E-state index contributed by atoms with van der Waals surface area (Å²) >= 11 is 5.91. The van der Waals surface area contributed by atoms with Gasteiger partial charge in [0.05, 0.1) is 13.3 Å². The molecule has 0 aromatic carbocycles. The Morgan fingerprint density at radius 1 is 1.67 bits per heavy atom. The molecule has 0 saturated carbocycles. The maximum absolute atomic E-state index is 11.2. The van der Waals surface area contributed by atoms with Gasteiger partial charge in [0.1, 0.15) is 11.1 Å². The third-order valence-electron chi connectivity index (χ3n) is 2.68. The van der Waals surface area contributed by atoms with Crippen LogP contribution in [-0.4, -0.2) is 34.2 Å². The van der Waals surface area contributed by atoms with Crippen molar-refractivity contribution in [3.8, 4) is 6.01 Å². The third-order valence-corrected chi connectivity index (χ3v) is 2.95. The van der Waals surface area contributed by atoms with Gasteiger partial charge < -0.3 is 15.2 Å². The quantitative estimate of drug-likeness (QED) is 0.825. The van der Waals surface area contributed by atoms with Gasteiger partial charge in [0, 0.05) is 0 Å². The van der Waals surface area contributed by atoms with Crippen LogP contribution < -0.4 is 10.1 Å². The average molecular weight is 274 g/mol. The van der Waals surface area contributed by atoms with Gasteiger partial charge in [-0.05, 0) is 5.92 Å². The van der Waals surface area contributed by atoms with E-state index >= 15 is 0 Å². The van der Waals surface area contributed by atoms with E-state index in [0.717, 1.165) is 6.42 Å². The Labute approximate surface area is 110 Å². The molecule has 7 heteroatoms. The van der Waals surface area contributed by atoms with E-state index in [1.54, 1.807) is 0 Å². The summed E-state index contributed by atoms with van der Waals surface area (Å²) < 4.78 is 4.87. The lowest BCUT2D eigenvalue weighted by Crippen LogP contribution is -2.35. The summed E-state index contributed by atoms with van der Waals surface area (Å²) in [5, 5.41) is 12.2. The Morgan fingerprint density at radius 2 is 2.33 bits per heavy atom. The van der Waals surface area contributed by atoms with Crippen LogP contribution in [0.3, 0.4) is 0 Å². The van der Waals surface area contributed by atoms with Gasteiger partial charge in [0.2, 0.25) is 0 Å². The lowest BCUT2D eigenvalue weighted by atomic mass is 9.99. The van der Waals surface area contributed by atoms with Gasteiger partial charge in [-0.1, -0.05) is 31.9 Å². The Kier molecular flexibility index (Phi) is 5.15. The van der Waals surface area contributed by atoms with Crippen molar-refractivity contribution in [2.24, 2.45) is 5.92 Å². The summed E-state index contributed by atoms with van der Waals surface area (Å²) in [5.74, 6) is -0.742. The van der Waals surface area contributed by atoms with E-state index < -0.39 is 12.0 Å². The standard InChI is InChI=1S/C11H16ClN3O3/c1-4-6(2)8(10(16)17)14-9-7(12)5-13-11(15-9)18-3/h5-6,8H,4H2,1-3H3,(H,16,17)(H,13,14,15)/t6-,8-/m0/s1. The molecule has 0 aliphatic rings. The Hall–Kier alpha value is -1.56. The number of carboxylic acids is 1. The van der Waals surface area contributed by atoms with Crippen molar-refractivity contribution in [2.75, 3.05) is 12.4 Å². The number of ether oxygens (including phenoxy) is 1. The molecular weight excluding hydrogens is 258 g/mol. The first-order chi connectivity index (χ1) is 8.49. The maximum Gasteiger partial charge on any atom is 0.326 e. The number of hydrogen-bond acceptors (Lipinski definition) is 5. The first kappa shape index (κ1) is 14.5. The highest BCUT2D eigenvalue weighted by atomic mass is 35.5. The van der Waals surface area contributed by atoms with Crippen LogP contribution >= 0.6 is 11.6 Å². The molecule has 18 heavy (non-hydrogen) atoms. The fourth-order valence-corrected chi connectivity index (χ4v) is 1.53. The number of anilines is 1. The first-order valence-electron chi connectivity index (χ1n) is 5.55. The summed E-state index contributed by atoms with van der Waals surface area (Å²) in [6.07, 6.45) is 2.09. The van der Waals surface area contributed by atoms with Gasteiger partial charge in [-0.2, -0.15) is 4.98 Å². The van der Waals surface area contributed by atoms with Crippen LogP contribution in [-0.2, 0) is 4.79 Å². The Balaban J connectivity index is 2.96. The molecule has 100 valence electrons. The molecular formula is C11H16ClN3O3. The minimum absolute atomic E-state index is 0.0560. The highest BCUT2D eigenvalue weighted by Gasteiger charge is 2.24. The molecule has 1 aromatic heterocycles. The lowest BCUT2D eigenvalue weighted by molar-refractivity contribution is -0.139. The maximum atomic E-state index is 11.2. The van der Waals surface area contributed by atoms with E-state index in [9.17, 15) is 9.90 Å². The molecule has 0 amide bonds. The molecule has 1 rings (SSSR count). The van der Waals surface area contributed by atoms with Crippen LogP contribution in [0.5, 0.6) is 6.01 Å². The Morgan fingerprint density at radius 3 is 2.83 bits per heavy atom. The van der Waals surface area contributed by atoms with Crippen molar-refractivity contribution in [2.45, 2.75) is 26.3 Å². The number of rotatable bonds is 6. The number of aromatic nitrogens is 2. The molecule has 6 nitrogen and oxygen atoms in total. The first-order valence-corrected chi connectivity index (χ1v) is 5.93. The summed E-state index contributed by atoms with van der Waals surface area (Å²) in [7, 11) is 1.43. The SMILES string of the molecule is CC[C@H](C)[C@H](Nc1nc(OC)ncc1Cl)C(=O)O. The van der Waals surface area contributed by atoms with Crippen molar-refractivity contribution in [1.82, 2.24) is 9.97 Å². The van der Waals surface area contributed by atoms with E-state index in [4.69, 9.17) is 16.3 Å². The van der Waals surface area contributed by atoms with E-state index in [1.165, 1.54) is 13.3 Å². The van der Waals surface area contributed by atoms with Crippen molar-refractivity contribution in [3.63, 3.8) is 0 Å². The van der Waals surface area contributed by atoms with Gasteiger partial charge in [0.15, 0.2) is 5.82 Å². The predicted octanol–water partition coefficient (Wildman–Crippen LogP) is 2.05. The van der Waals surface area contributed by atoms with Gasteiger partial charge >= 0.3 is 12.0 Å². The van der Waals surface area contributed by atoms with Crippen LogP contribution in [0.15, 0.2) is 6.20 Å². The number of nitrogens with one attached hydrogen (secondary N) is 1. The highest BCUT2D eigenvalue weighted by Crippen LogP contribution is 2.23. The molecule has 0 spiro atoms. The number of methoxy groups -OCH3 is 1. The molecule has 0 bridgehead atoms. The summed E-state index contributed by atoms with van der Waals surface area (Å²) in [6, 6.07) is -0.623. The van der Waals surface area contributed by atoms with Crippen LogP contribution in [0.1, 0.15) is 20.3 Å². The summed E-state index contributed by atoms with van der Waals surface area (Å²) in [4.78, 5) is 19.0. The topological polar surface area (TPSA) is 84.3 Å². The molecule has 0 aliphatic carbocycles. The van der Waals surface area contributed by atoms with Gasteiger partial charge in [-0.3, -0.25) is 0 Å². The zero-order valence-corrected chi connectivity index (χ0v) is 11.2. The van der Waals surface area contributed by atoms with Crippen molar-refractivity contribution >= 4 is 23.4 Å². The number of aliphatic carboxylic acids is 1. The largest absolute Gasteiger partial charge is 0.480 e. The fraction of sp³-hybridized carbons (Fsp3) is 0.545. The molecule has 0 aliphatic heterocycles. The minimum Gasteiger partial charge on any atom is -0.480 e. The molecule has 0 fully saturated rings. The molecule has 1 heterocycles. The molecule has 0 radical (unpaired) electrons. The highest BCUT2D eigenvalue weighted by molar-refractivity contribution is 6.32. The average Bonchev–Trinajstić information content (AvgIpc) is 2.36. The fourth-order valence-electron chi connectivity index (χ4n) is 1.38.